The van der Waals surface area contributed by atoms with E-state index in [-0.39, 0.29) is 5.25 Å². The van der Waals surface area contributed by atoms with Crippen LogP contribution in [0, 0.1) is 0 Å². The second kappa shape index (κ2) is 6.10. The molecule has 0 amide bonds. The predicted octanol–water partition coefficient (Wildman–Crippen LogP) is 0.291. The highest BCUT2D eigenvalue weighted by Crippen LogP contribution is 2.21. The first-order valence-electron chi connectivity index (χ1n) is 6.05. The van der Waals surface area contributed by atoms with Crippen molar-refractivity contribution in [1.82, 2.24) is 5.32 Å². The Kier molecular flexibility index (Phi) is 4.76. The fraction of sp³-hybridized carbons (Fsp3) is 1.00. The minimum Gasteiger partial charge on any atom is -0.381 e. The Morgan fingerprint density at radius 1 is 1.12 bits per heavy atom. The molecule has 5 heteroatoms. The summed E-state index contributed by atoms with van der Waals surface area (Å²) in [6.07, 6.45) is 2.83. The Labute approximate surface area is 99.5 Å². The largest absolute Gasteiger partial charge is 0.381 e. The van der Waals surface area contributed by atoms with Gasteiger partial charge in [-0.2, -0.15) is 0 Å². The number of hydrogen-bond acceptors (Lipinski definition) is 4. The van der Waals surface area contributed by atoms with Gasteiger partial charge in [0.2, 0.25) is 0 Å². The third kappa shape index (κ3) is 2.83. The molecule has 0 aliphatic carbocycles. The second-order valence-electron chi connectivity index (χ2n) is 4.44. The summed E-state index contributed by atoms with van der Waals surface area (Å²) in [5.41, 5.74) is 0. The van der Waals surface area contributed by atoms with Crippen LogP contribution in [0.3, 0.4) is 0 Å². The molecule has 2 heterocycles. The predicted molar refractivity (Wildman–Crippen MR) is 64.1 cm³/mol. The molecule has 0 aromatic carbocycles. The lowest BCUT2D eigenvalue weighted by atomic mass is 10.1. The van der Waals surface area contributed by atoms with E-state index in [4.69, 9.17) is 9.47 Å². The highest BCUT2D eigenvalue weighted by molar-refractivity contribution is 7.86. The molecule has 0 aromatic rings. The lowest BCUT2D eigenvalue weighted by Crippen LogP contribution is -2.49. The average molecular weight is 247 g/mol. The Bertz CT molecular complexity index is 243. The van der Waals surface area contributed by atoms with Crippen LogP contribution < -0.4 is 5.32 Å². The summed E-state index contributed by atoms with van der Waals surface area (Å²) in [6, 6.07) is 0.345. The van der Waals surface area contributed by atoms with Gasteiger partial charge in [-0.15, -0.1) is 0 Å². The van der Waals surface area contributed by atoms with Crippen molar-refractivity contribution in [2.75, 3.05) is 33.5 Å². The molecule has 3 unspecified atom stereocenters. The lowest BCUT2D eigenvalue weighted by molar-refractivity contribution is 0.0810. The van der Waals surface area contributed by atoms with Crippen LogP contribution in [-0.2, 0) is 20.3 Å². The van der Waals surface area contributed by atoms with Crippen molar-refractivity contribution in [3.63, 3.8) is 0 Å². The summed E-state index contributed by atoms with van der Waals surface area (Å²) in [4.78, 5) is 0. The van der Waals surface area contributed by atoms with Crippen LogP contribution in [0.2, 0.25) is 0 Å². The number of nitrogens with one attached hydrogen (secondary N) is 1. The van der Waals surface area contributed by atoms with Crippen molar-refractivity contribution >= 4 is 10.8 Å². The van der Waals surface area contributed by atoms with Crippen molar-refractivity contribution in [3.05, 3.63) is 0 Å². The minimum absolute atomic E-state index is 0.154. The van der Waals surface area contributed by atoms with Crippen LogP contribution in [0.4, 0.5) is 0 Å². The molecular formula is C11H21NO3S. The Morgan fingerprint density at radius 2 is 1.81 bits per heavy atom. The average Bonchev–Trinajstić information content (AvgIpc) is 2.39. The molecule has 4 nitrogen and oxygen atoms in total. The molecule has 0 spiro atoms. The fourth-order valence-corrected chi connectivity index (χ4v) is 4.40. The van der Waals surface area contributed by atoms with E-state index >= 15 is 0 Å². The summed E-state index contributed by atoms with van der Waals surface area (Å²) in [5, 5.41) is 3.73. The van der Waals surface area contributed by atoms with Gasteiger partial charge in [-0.05, 0) is 26.3 Å². The fourth-order valence-electron chi connectivity index (χ4n) is 2.43. The molecular weight excluding hydrogens is 226 g/mol. The summed E-state index contributed by atoms with van der Waals surface area (Å²) >= 11 is 0. The van der Waals surface area contributed by atoms with Gasteiger partial charge < -0.3 is 14.8 Å². The third-order valence-corrected chi connectivity index (χ3v) is 5.66. The summed E-state index contributed by atoms with van der Waals surface area (Å²) < 4.78 is 23.2. The number of ether oxygens (including phenoxy) is 2. The van der Waals surface area contributed by atoms with Crippen LogP contribution in [0.25, 0.3) is 0 Å². The Morgan fingerprint density at radius 3 is 2.50 bits per heavy atom. The first kappa shape index (κ1) is 12.5. The first-order chi connectivity index (χ1) is 7.83. The van der Waals surface area contributed by atoms with Gasteiger partial charge in [-0.3, -0.25) is 4.21 Å². The summed E-state index contributed by atoms with van der Waals surface area (Å²) in [6.45, 7) is 2.94. The van der Waals surface area contributed by atoms with Gasteiger partial charge in [0, 0.05) is 41.9 Å². The monoisotopic (exact) mass is 247 g/mol. The van der Waals surface area contributed by atoms with Crippen molar-refractivity contribution in [2.24, 2.45) is 0 Å². The van der Waals surface area contributed by atoms with Crippen molar-refractivity contribution in [3.8, 4) is 0 Å². The normalized spacial score (nSPS) is 34.8. The van der Waals surface area contributed by atoms with E-state index in [0.29, 0.717) is 17.9 Å². The molecule has 16 heavy (non-hydrogen) atoms. The molecule has 2 aliphatic heterocycles. The van der Waals surface area contributed by atoms with E-state index in [1.54, 1.807) is 0 Å². The topological polar surface area (TPSA) is 47.6 Å². The smallest absolute Gasteiger partial charge is 0.0738 e. The SMILES string of the molecule is CNC1CCOCC1S(=O)C1CCOCC1. The molecule has 3 atom stereocenters. The molecule has 0 saturated carbocycles. The lowest BCUT2D eigenvalue weighted by Gasteiger charge is -2.34. The van der Waals surface area contributed by atoms with Gasteiger partial charge in [0.25, 0.3) is 0 Å². The van der Waals surface area contributed by atoms with E-state index in [0.717, 1.165) is 39.1 Å². The maximum atomic E-state index is 12.5. The molecule has 0 radical (unpaired) electrons. The summed E-state index contributed by atoms with van der Waals surface area (Å²) in [7, 11) is 1.16. The van der Waals surface area contributed by atoms with Gasteiger partial charge in [-0.1, -0.05) is 0 Å². The quantitative estimate of drug-likeness (QED) is 0.779. The highest BCUT2D eigenvalue weighted by Gasteiger charge is 2.34. The molecule has 0 bridgehead atoms. The van der Waals surface area contributed by atoms with Crippen LogP contribution in [0.5, 0.6) is 0 Å². The van der Waals surface area contributed by atoms with E-state index in [1.165, 1.54) is 0 Å². The Hall–Kier alpha value is 0.0300. The van der Waals surface area contributed by atoms with Gasteiger partial charge in [0.15, 0.2) is 0 Å². The van der Waals surface area contributed by atoms with Gasteiger partial charge in [0.1, 0.15) is 0 Å². The van der Waals surface area contributed by atoms with E-state index in [9.17, 15) is 4.21 Å². The van der Waals surface area contributed by atoms with Gasteiger partial charge in [0.05, 0.1) is 11.9 Å². The molecule has 94 valence electrons. The van der Waals surface area contributed by atoms with Crippen LogP contribution in [0.15, 0.2) is 0 Å². The maximum absolute atomic E-state index is 12.5. The van der Waals surface area contributed by atoms with Crippen LogP contribution in [-0.4, -0.2) is 54.2 Å². The van der Waals surface area contributed by atoms with Crippen molar-refractivity contribution in [1.29, 1.82) is 0 Å². The summed E-state index contributed by atoms with van der Waals surface area (Å²) in [5.74, 6) is 0. The zero-order valence-electron chi connectivity index (χ0n) is 9.81. The molecule has 1 N–H and O–H groups in total. The zero-order chi connectivity index (χ0) is 11.4. The number of hydrogen-bond donors (Lipinski definition) is 1. The second-order valence-corrected chi connectivity index (χ2v) is 6.37. The third-order valence-electron chi connectivity index (χ3n) is 3.47. The highest BCUT2D eigenvalue weighted by atomic mass is 32.2. The van der Waals surface area contributed by atoms with Crippen molar-refractivity contribution < 1.29 is 13.7 Å². The minimum atomic E-state index is -0.790. The molecule has 2 aliphatic rings. The van der Waals surface area contributed by atoms with Gasteiger partial charge in [-0.25, -0.2) is 0 Å². The molecule has 2 saturated heterocycles. The van der Waals surface area contributed by atoms with E-state index in [1.807, 2.05) is 7.05 Å². The molecule has 2 fully saturated rings. The Balaban J connectivity index is 1.95. The van der Waals surface area contributed by atoms with Crippen LogP contribution in [0.1, 0.15) is 19.3 Å². The van der Waals surface area contributed by atoms with Crippen LogP contribution >= 0.6 is 0 Å². The molecule has 0 aromatic heterocycles. The maximum Gasteiger partial charge on any atom is 0.0738 e. The zero-order valence-corrected chi connectivity index (χ0v) is 10.6. The molecule has 2 rings (SSSR count). The van der Waals surface area contributed by atoms with E-state index in [2.05, 4.69) is 5.32 Å². The van der Waals surface area contributed by atoms with Gasteiger partial charge >= 0.3 is 0 Å². The van der Waals surface area contributed by atoms with E-state index < -0.39 is 10.8 Å². The first-order valence-corrected chi connectivity index (χ1v) is 7.32. The number of rotatable bonds is 3. The van der Waals surface area contributed by atoms with Crippen molar-refractivity contribution in [2.45, 2.75) is 35.8 Å². The standard InChI is InChI=1S/C11H21NO3S/c1-12-10-4-7-15-8-11(10)16(13)9-2-5-14-6-3-9/h9-12H,2-8H2,1H3.